The van der Waals surface area contributed by atoms with E-state index in [1.54, 1.807) is 6.07 Å². The van der Waals surface area contributed by atoms with Gasteiger partial charge in [0.2, 0.25) is 0 Å². The Bertz CT molecular complexity index is 452. The minimum Gasteiger partial charge on any atom is -0.490 e. The molecule has 0 aromatic heterocycles. The molecule has 110 valence electrons. The molecule has 0 spiro atoms. The molecule has 1 saturated heterocycles. The summed E-state index contributed by atoms with van der Waals surface area (Å²) in [7, 11) is 0. The molecule has 1 fully saturated rings. The highest BCUT2D eigenvalue weighted by Crippen LogP contribution is 2.29. The number of hydrogen-bond acceptors (Lipinski definition) is 4. The van der Waals surface area contributed by atoms with Gasteiger partial charge in [0.05, 0.1) is 18.3 Å². The molecule has 1 heterocycles. The van der Waals surface area contributed by atoms with Crippen molar-refractivity contribution in [2.24, 2.45) is 0 Å². The summed E-state index contributed by atoms with van der Waals surface area (Å²) in [5.74, 6) is 0.0438. The first-order valence-corrected chi connectivity index (χ1v) is 6.95. The minimum absolute atomic E-state index is 0.109. The predicted molar refractivity (Wildman–Crippen MR) is 73.7 cm³/mol. The van der Waals surface area contributed by atoms with Gasteiger partial charge in [0, 0.05) is 6.61 Å². The zero-order valence-electron chi connectivity index (χ0n) is 11.6. The Balaban J connectivity index is 2.03. The van der Waals surface area contributed by atoms with Gasteiger partial charge in [-0.3, -0.25) is 0 Å². The van der Waals surface area contributed by atoms with Gasteiger partial charge in [-0.05, 0) is 44.4 Å². The van der Waals surface area contributed by atoms with E-state index in [9.17, 15) is 4.79 Å². The maximum atomic E-state index is 11.0. The molecule has 5 nitrogen and oxygen atoms in total. The number of rotatable bonds is 6. The van der Waals surface area contributed by atoms with Crippen molar-refractivity contribution >= 4 is 5.97 Å². The van der Waals surface area contributed by atoms with Crippen LogP contribution in [-0.2, 0) is 4.74 Å². The molecule has 0 radical (unpaired) electrons. The van der Waals surface area contributed by atoms with Gasteiger partial charge in [-0.1, -0.05) is 0 Å². The first-order chi connectivity index (χ1) is 9.70. The number of ether oxygens (including phenoxy) is 3. The third-order valence-electron chi connectivity index (χ3n) is 3.19. The standard InChI is InChI=1S/C15H20O5/c1-2-18-14-9-11(15(16)17)6-7-13(14)20-10-12-5-3-4-8-19-12/h6-7,9,12H,2-5,8,10H2,1H3,(H,16,17). The summed E-state index contributed by atoms with van der Waals surface area (Å²) in [5.41, 5.74) is 0.190. The van der Waals surface area contributed by atoms with E-state index < -0.39 is 5.97 Å². The van der Waals surface area contributed by atoms with Gasteiger partial charge in [-0.2, -0.15) is 0 Å². The number of carboxylic acid groups (broad SMARTS) is 1. The van der Waals surface area contributed by atoms with Crippen LogP contribution in [0.4, 0.5) is 0 Å². The molecule has 5 heteroatoms. The number of benzene rings is 1. The van der Waals surface area contributed by atoms with Crippen LogP contribution >= 0.6 is 0 Å². The predicted octanol–water partition coefficient (Wildman–Crippen LogP) is 2.73. The fraction of sp³-hybridized carbons (Fsp3) is 0.533. The number of carbonyl (C=O) groups is 1. The Morgan fingerprint density at radius 3 is 2.85 bits per heavy atom. The molecule has 1 N–H and O–H groups in total. The van der Waals surface area contributed by atoms with Crippen molar-refractivity contribution in [2.45, 2.75) is 32.3 Å². The second kappa shape index (κ2) is 7.14. The molecule has 0 aliphatic carbocycles. The van der Waals surface area contributed by atoms with Crippen LogP contribution in [0.5, 0.6) is 11.5 Å². The Labute approximate surface area is 118 Å². The van der Waals surface area contributed by atoms with Gasteiger partial charge < -0.3 is 19.3 Å². The van der Waals surface area contributed by atoms with E-state index in [-0.39, 0.29) is 11.7 Å². The molecular weight excluding hydrogens is 260 g/mol. The Morgan fingerprint density at radius 2 is 2.20 bits per heavy atom. The summed E-state index contributed by atoms with van der Waals surface area (Å²) >= 11 is 0. The summed E-state index contributed by atoms with van der Waals surface area (Å²) < 4.78 is 16.8. The molecule has 0 amide bonds. The van der Waals surface area contributed by atoms with Gasteiger partial charge in [0.1, 0.15) is 6.61 Å². The second-order valence-corrected chi connectivity index (χ2v) is 4.70. The van der Waals surface area contributed by atoms with Crippen molar-refractivity contribution in [3.05, 3.63) is 23.8 Å². The number of carboxylic acids is 1. The quantitative estimate of drug-likeness (QED) is 0.868. The normalized spacial score (nSPS) is 18.6. The van der Waals surface area contributed by atoms with Crippen molar-refractivity contribution in [3.8, 4) is 11.5 Å². The highest BCUT2D eigenvalue weighted by atomic mass is 16.5. The highest BCUT2D eigenvalue weighted by molar-refractivity contribution is 5.88. The molecular formula is C15H20O5. The minimum atomic E-state index is -0.979. The molecule has 2 rings (SSSR count). The Kier molecular flexibility index (Phi) is 5.24. The summed E-state index contributed by atoms with van der Waals surface area (Å²) in [6.45, 7) is 3.55. The van der Waals surface area contributed by atoms with E-state index in [1.165, 1.54) is 12.1 Å². The first kappa shape index (κ1) is 14.7. The van der Waals surface area contributed by atoms with Gasteiger partial charge in [-0.25, -0.2) is 4.79 Å². The first-order valence-electron chi connectivity index (χ1n) is 6.95. The SMILES string of the molecule is CCOc1cc(C(=O)O)ccc1OCC1CCCCO1. The van der Waals surface area contributed by atoms with Crippen molar-refractivity contribution < 1.29 is 24.1 Å². The molecule has 1 aliphatic heterocycles. The van der Waals surface area contributed by atoms with E-state index >= 15 is 0 Å². The summed E-state index contributed by atoms with van der Waals surface area (Å²) in [6, 6.07) is 4.64. The van der Waals surface area contributed by atoms with Gasteiger partial charge in [0.15, 0.2) is 11.5 Å². The van der Waals surface area contributed by atoms with Crippen molar-refractivity contribution in [1.82, 2.24) is 0 Å². The van der Waals surface area contributed by atoms with Gasteiger partial charge in [-0.15, -0.1) is 0 Å². The van der Waals surface area contributed by atoms with Crippen LogP contribution in [0.25, 0.3) is 0 Å². The third kappa shape index (κ3) is 3.87. The second-order valence-electron chi connectivity index (χ2n) is 4.70. The monoisotopic (exact) mass is 280 g/mol. The van der Waals surface area contributed by atoms with Crippen molar-refractivity contribution in [2.75, 3.05) is 19.8 Å². The van der Waals surface area contributed by atoms with E-state index in [2.05, 4.69) is 0 Å². The maximum absolute atomic E-state index is 11.0. The van der Waals surface area contributed by atoms with Crippen LogP contribution < -0.4 is 9.47 Å². The molecule has 20 heavy (non-hydrogen) atoms. The van der Waals surface area contributed by atoms with Crippen molar-refractivity contribution in [1.29, 1.82) is 0 Å². The molecule has 0 saturated carbocycles. The average molecular weight is 280 g/mol. The van der Waals surface area contributed by atoms with E-state index in [0.717, 1.165) is 25.9 Å². The number of aromatic carboxylic acids is 1. The lowest BCUT2D eigenvalue weighted by molar-refractivity contribution is -0.0115. The zero-order valence-corrected chi connectivity index (χ0v) is 11.6. The molecule has 1 unspecified atom stereocenters. The summed E-state index contributed by atoms with van der Waals surface area (Å²) in [4.78, 5) is 11.0. The fourth-order valence-electron chi connectivity index (χ4n) is 2.15. The van der Waals surface area contributed by atoms with Crippen LogP contribution in [0, 0.1) is 0 Å². The summed E-state index contributed by atoms with van der Waals surface area (Å²) in [5, 5.41) is 8.99. The highest BCUT2D eigenvalue weighted by Gasteiger charge is 2.16. The van der Waals surface area contributed by atoms with E-state index in [4.69, 9.17) is 19.3 Å². The van der Waals surface area contributed by atoms with Gasteiger partial charge >= 0.3 is 5.97 Å². The zero-order chi connectivity index (χ0) is 14.4. The molecule has 0 bridgehead atoms. The number of hydrogen-bond donors (Lipinski definition) is 1. The average Bonchev–Trinajstić information content (AvgIpc) is 2.47. The van der Waals surface area contributed by atoms with Crippen LogP contribution in [0.2, 0.25) is 0 Å². The fourth-order valence-corrected chi connectivity index (χ4v) is 2.15. The maximum Gasteiger partial charge on any atom is 0.335 e. The lowest BCUT2D eigenvalue weighted by Gasteiger charge is -2.23. The summed E-state index contributed by atoms with van der Waals surface area (Å²) in [6.07, 6.45) is 3.37. The lowest BCUT2D eigenvalue weighted by atomic mass is 10.1. The largest absolute Gasteiger partial charge is 0.490 e. The Morgan fingerprint density at radius 1 is 1.35 bits per heavy atom. The van der Waals surface area contributed by atoms with Crippen molar-refractivity contribution in [3.63, 3.8) is 0 Å². The van der Waals surface area contributed by atoms with Crippen LogP contribution in [0.3, 0.4) is 0 Å². The third-order valence-corrected chi connectivity index (χ3v) is 3.19. The smallest absolute Gasteiger partial charge is 0.335 e. The van der Waals surface area contributed by atoms with Crippen LogP contribution in [-0.4, -0.2) is 37.0 Å². The molecule has 1 aromatic carbocycles. The molecule has 1 aromatic rings. The van der Waals surface area contributed by atoms with Crippen LogP contribution in [0.1, 0.15) is 36.5 Å². The lowest BCUT2D eigenvalue weighted by Crippen LogP contribution is -2.25. The van der Waals surface area contributed by atoms with Crippen LogP contribution in [0.15, 0.2) is 18.2 Å². The van der Waals surface area contributed by atoms with Gasteiger partial charge in [0.25, 0.3) is 0 Å². The topological polar surface area (TPSA) is 65.0 Å². The van der Waals surface area contributed by atoms with E-state index in [1.807, 2.05) is 6.92 Å². The molecule has 1 aliphatic rings. The molecule has 1 atom stereocenters. The Hall–Kier alpha value is -1.75. The van der Waals surface area contributed by atoms with E-state index in [0.29, 0.717) is 24.7 Å².